The minimum Gasteiger partial charge on any atom is -0.466 e. The summed E-state index contributed by atoms with van der Waals surface area (Å²) in [4.78, 5) is 28.8. The molecule has 9 heteroatoms. The first-order chi connectivity index (χ1) is 18.1. The number of fused-ring (bicyclic) bond motifs is 2. The maximum Gasteiger partial charge on any atom is 0.344 e. The molecule has 1 aromatic carbocycles. The highest BCUT2D eigenvalue weighted by Gasteiger charge is 2.20. The number of anilines is 1. The normalized spacial score (nSPS) is 14.4. The van der Waals surface area contributed by atoms with Gasteiger partial charge in [-0.15, -0.1) is 0 Å². The van der Waals surface area contributed by atoms with Gasteiger partial charge in [0.2, 0.25) is 5.88 Å². The lowest BCUT2D eigenvalue weighted by Crippen LogP contribution is -2.47. The average molecular weight is 506 g/mol. The summed E-state index contributed by atoms with van der Waals surface area (Å²) in [7, 11) is 0. The third-order valence-electron chi connectivity index (χ3n) is 6.78. The van der Waals surface area contributed by atoms with Crippen LogP contribution in [0.15, 0.2) is 48.8 Å². The van der Waals surface area contributed by atoms with E-state index in [1.54, 1.807) is 31.3 Å². The molecule has 0 saturated carbocycles. The number of unbranched alkanes of at least 4 members (excludes halogenated alkanes) is 1. The van der Waals surface area contributed by atoms with Crippen LogP contribution >= 0.6 is 0 Å². The molecule has 1 saturated heterocycles. The number of ether oxygens (including phenoxy) is 2. The molecule has 0 amide bonds. The minimum absolute atomic E-state index is 0.160. The first-order valence-electron chi connectivity index (χ1n) is 12.9. The standard InChI is InChI=1S/C28H32FN5O3/c1-2-36-27(35)19-37-26-9-7-22-25(32-26)10-11-30-28(22)34-15-13-33(14-16-34)12-4-3-5-20-18-31-24-8-6-21(29)17-23(20)24/h6-11,17-18,31H,2-5,12-16,19H2,1H3. The summed E-state index contributed by atoms with van der Waals surface area (Å²) in [6.07, 6.45) is 6.89. The van der Waals surface area contributed by atoms with Crippen molar-refractivity contribution in [2.24, 2.45) is 0 Å². The van der Waals surface area contributed by atoms with E-state index in [4.69, 9.17) is 9.47 Å². The van der Waals surface area contributed by atoms with Gasteiger partial charge in [-0.3, -0.25) is 4.90 Å². The molecule has 37 heavy (non-hydrogen) atoms. The minimum atomic E-state index is -0.411. The Morgan fingerprint density at radius 2 is 1.95 bits per heavy atom. The third kappa shape index (κ3) is 5.99. The van der Waals surface area contributed by atoms with E-state index in [0.717, 1.165) is 79.6 Å². The van der Waals surface area contributed by atoms with E-state index in [1.165, 1.54) is 11.6 Å². The van der Waals surface area contributed by atoms with Crippen molar-refractivity contribution in [3.05, 3.63) is 60.2 Å². The SMILES string of the molecule is CCOC(=O)COc1ccc2c(N3CCN(CCCCc4c[nH]c5ccc(F)cc45)CC3)nccc2n1. The molecule has 5 rings (SSSR count). The number of halogens is 1. The van der Waals surface area contributed by atoms with Gasteiger partial charge in [0.1, 0.15) is 11.6 Å². The Morgan fingerprint density at radius 1 is 1.08 bits per heavy atom. The number of nitrogens with one attached hydrogen (secondary N) is 1. The van der Waals surface area contributed by atoms with E-state index in [2.05, 4.69) is 24.8 Å². The molecular formula is C28H32FN5O3. The lowest BCUT2D eigenvalue weighted by molar-refractivity contribution is -0.145. The number of hydrogen-bond donors (Lipinski definition) is 1. The number of benzene rings is 1. The summed E-state index contributed by atoms with van der Waals surface area (Å²) in [6, 6.07) is 10.5. The monoisotopic (exact) mass is 505 g/mol. The molecule has 0 aliphatic carbocycles. The first-order valence-corrected chi connectivity index (χ1v) is 12.9. The van der Waals surface area contributed by atoms with Gasteiger partial charge in [0.15, 0.2) is 6.61 Å². The number of esters is 1. The van der Waals surface area contributed by atoms with Crippen molar-refractivity contribution >= 4 is 33.6 Å². The molecular weight excluding hydrogens is 473 g/mol. The van der Waals surface area contributed by atoms with E-state index in [-0.39, 0.29) is 12.4 Å². The number of nitrogens with zero attached hydrogens (tertiary/aromatic N) is 4. The second-order valence-electron chi connectivity index (χ2n) is 9.23. The van der Waals surface area contributed by atoms with Crippen LogP contribution in [0.3, 0.4) is 0 Å². The van der Waals surface area contributed by atoms with Gasteiger partial charge < -0.3 is 19.4 Å². The highest BCUT2D eigenvalue weighted by atomic mass is 19.1. The second-order valence-corrected chi connectivity index (χ2v) is 9.23. The van der Waals surface area contributed by atoms with Crippen LogP contribution in [0.1, 0.15) is 25.3 Å². The summed E-state index contributed by atoms with van der Waals surface area (Å²) in [6.45, 7) is 6.72. The quantitative estimate of drug-likeness (QED) is 0.254. The molecule has 194 valence electrons. The Hall–Kier alpha value is -3.72. The summed E-state index contributed by atoms with van der Waals surface area (Å²) in [5, 5.41) is 1.96. The molecule has 1 aliphatic rings. The van der Waals surface area contributed by atoms with Gasteiger partial charge in [-0.2, -0.15) is 0 Å². The molecule has 0 bridgehead atoms. The maximum atomic E-state index is 13.6. The van der Waals surface area contributed by atoms with E-state index in [0.29, 0.717) is 12.5 Å². The fourth-order valence-corrected chi connectivity index (χ4v) is 4.88. The van der Waals surface area contributed by atoms with Crippen molar-refractivity contribution in [3.63, 3.8) is 0 Å². The number of aromatic nitrogens is 3. The van der Waals surface area contributed by atoms with E-state index >= 15 is 0 Å². The van der Waals surface area contributed by atoms with E-state index in [1.807, 2.05) is 18.3 Å². The maximum absolute atomic E-state index is 13.6. The van der Waals surface area contributed by atoms with Crippen molar-refractivity contribution < 1.29 is 18.7 Å². The number of carbonyl (C=O) groups excluding carboxylic acids is 1. The fraction of sp³-hybridized carbons (Fsp3) is 0.393. The summed E-state index contributed by atoms with van der Waals surface area (Å²) >= 11 is 0. The van der Waals surface area contributed by atoms with E-state index < -0.39 is 5.97 Å². The molecule has 1 fully saturated rings. The Morgan fingerprint density at radius 3 is 2.78 bits per heavy atom. The van der Waals surface area contributed by atoms with Crippen molar-refractivity contribution in [1.82, 2.24) is 19.9 Å². The van der Waals surface area contributed by atoms with Gasteiger partial charge in [0.05, 0.1) is 12.1 Å². The Labute approximate surface area is 215 Å². The van der Waals surface area contributed by atoms with Crippen LogP contribution in [0.4, 0.5) is 10.2 Å². The number of carbonyl (C=O) groups is 1. The Bertz CT molecular complexity index is 1370. The van der Waals surface area contributed by atoms with Gasteiger partial charge in [-0.1, -0.05) is 0 Å². The largest absolute Gasteiger partial charge is 0.466 e. The van der Waals surface area contributed by atoms with Crippen LogP contribution in [-0.4, -0.2) is 71.8 Å². The number of hydrogen-bond acceptors (Lipinski definition) is 7. The number of aromatic amines is 1. The number of piperazine rings is 1. The van der Waals surface area contributed by atoms with Crippen LogP contribution in [0, 0.1) is 5.82 Å². The highest BCUT2D eigenvalue weighted by Crippen LogP contribution is 2.26. The zero-order chi connectivity index (χ0) is 25.6. The number of aryl methyl sites for hydroxylation is 1. The molecule has 1 aliphatic heterocycles. The average Bonchev–Trinajstić information content (AvgIpc) is 3.32. The zero-order valence-electron chi connectivity index (χ0n) is 21.1. The lowest BCUT2D eigenvalue weighted by Gasteiger charge is -2.35. The predicted molar refractivity (Wildman–Crippen MR) is 142 cm³/mol. The molecule has 4 aromatic rings. The molecule has 0 spiro atoms. The Kier molecular flexibility index (Phi) is 7.79. The second kappa shape index (κ2) is 11.6. The smallest absolute Gasteiger partial charge is 0.344 e. The molecule has 1 N–H and O–H groups in total. The van der Waals surface area contributed by atoms with Crippen molar-refractivity contribution in [2.75, 3.05) is 50.8 Å². The topological polar surface area (TPSA) is 83.6 Å². The molecule has 0 atom stereocenters. The first kappa shape index (κ1) is 25.0. The van der Waals surface area contributed by atoms with Gasteiger partial charge in [-0.05, 0) is 68.6 Å². The van der Waals surface area contributed by atoms with Crippen LogP contribution in [0.2, 0.25) is 0 Å². The van der Waals surface area contributed by atoms with Crippen molar-refractivity contribution in [1.29, 1.82) is 0 Å². The number of rotatable bonds is 10. The molecule has 3 aromatic heterocycles. The van der Waals surface area contributed by atoms with Gasteiger partial charge in [0, 0.05) is 60.9 Å². The van der Waals surface area contributed by atoms with Crippen molar-refractivity contribution in [3.8, 4) is 5.88 Å². The lowest BCUT2D eigenvalue weighted by atomic mass is 10.1. The van der Waals surface area contributed by atoms with Gasteiger partial charge in [-0.25, -0.2) is 19.2 Å². The predicted octanol–water partition coefficient (Wildman–Crippen LogP) is 4.34. The van der Waals surface area contributed by atoms with Crippen LogP contribution in [0.25, 0.3) is 21.8 Å². The van der Waals surface area contributed by atoms with E-state index in [9.17, 15) is 9.18 Å². The van der Waals surface area contributed by atoms with Gasteiger partial charge >= 0.3 is 5.97 Å². The molecule has 8 nitrogen and oxygen atoms in total. The number of H-pyrrole nitrogens is 1. The number of pyridine rings is 2. The molecule has 0 unspecified atom stereocenters. The van der Waals surface area contributed by atoms with Crippen molar-refractivity contribution in [2.45, 2.75) is 26.2 Å². The Balaban J connectivity index is 1.11. The molecule has 4 heterocycles. The summed E-state index contributed by atoms with van der Waals surface area (Å²) in [5.41, 5.74) is 2.96. The highest BCUT2D eigenvalue weighted by molar-refractivity contribution is 5.90. The zero-order valence-corrected chi connectivity index (χ0v) is 21.1. The van der Waals surface area contributed by atoms with Crippen LogP contribution < -0.4 is 9.64 Å². The summed E-state index contributed by atoms with van der Waals surface area (Å²) in [5.74, 6) is 0.713. The molecule has 0 radical (unpaired) electrons. The van der Waals surface area contributed by atoms with Gasteiger partial charge in [0.25, 0.3) is 0 Å². The van der Waals surface area contributed by atoms with Crippen LogP contribution in [-0.2, 0) is 16.0 Å². The third-order valence-corrected chi connectivity index (χ3v) is 6.78. The van der Waals surface area contributed by atoms with Crippen LogP contribution in [0.5, 0.6) is 5.88 Å². The summed E-state index contributed by atoms with van der Waals surface area (Å²) < 4.78 is 24.0. The fourth-order valence-electron chi connectivity index (χ4n) is 4.88.